The predicted octanol–water partition coefficient (Wildman–Crippen LogP) is 3.59. The van der Waals surface area contributed by atoms with Crippen LogP contribution in [0.5, 0.6) is 0 Å². The highest BCUT2D eigenvalue weighted by molar-refractivity contribution is 4.88. The number of hydrogen-bond acceptors (Lipinski definition) is 1. The molecule has 88 valence electrons. The Morgan fingerprint density at radius 2 is 1.73 bits per heavy atom. The van der Waals surface area contributed by atoms with Crippen LogP contribution < -0.4 is 5.32 Å². The first-order valence-corrected chi connectivity index (χ1v) is 6.93. The Labute approximate surface area is 95.0 Å². The first kappa shape index (κ1) is 11.4. The van der Waals surface area contributed by atoms with Crippen LogP contribution in [0.25, 0.3) is 0 Å². The third kappa shape index (κ3) is 2.75. The van der Waals surface area contributed by atoms with Gasteiger partial charge in [0.05, 0.1) is 0 Å². The quantitative estimate of drug-likeness (QED) is 0.696. The molecule has 0 amide bonds. The van der Waals surface area contributed by atoms with Crippen LogP contribution in [0.15, 0.2) is 0 Å². The Bertz CT molecular complexity index is 192. The Morgan fingerprint density at radius 3 is 2.40 bits per heavy atom. The molecule has 1 saturated carbocycles. The van der Waals surface area contributed by atoms with Crippen LogP contribution in [0.1, 0.15) is 58.8 Å². The lowest BCUT2D eigenvalue weighted by atomic mass is 9.73. The average molecular weight is 209 g/mol. The Morgan fingerprint density at radius 1 is 1.00 bits per heavy atom. The van der Waals surface area contributed by atoms with Gasteiger partial charge in [0.25, 0.3) is 0 Å². The van der Waals surface area contributed by atoms with Gasteiger partial charge in [-0.3, -0.25) is 0 Å². The molecule has 1 aliphatic carbocycles. The maximum Gasteiger partial charge on any atom is -0.00436 e. The van der Waals surface area contributed by atoms with Crippen molar-refractivity contribution in [2.24, 2.45) is 17.3 Å². The summed E-state index contributed by atoms with van der Waals surface area (Å²) in [4.78, 5) is 0. The Hall–Kier alpha value is -0.0400. The molecule has 15 heavy (non-hydrogen) atoms. The summed E-state index contributed by atoms with van der Waals surface area (Å²) in [5, 5.41) is 3.51. The van der Waals surface area contributed by atoms with Gasteiger partial charge >= 0.3 is 0 Å². The second kappa shape index (κ2) is 4.86. The summed E-state index contributed by atoms with van der Waals surface area (Å²) in [6, 6.07) is 0. The van der Waals surface area contributed by atoms with E-state index in [1.54, 1.807) is 0 Å². The normalized spacial score (nSPS) is 31.8. The highest BCUT2D eigenvalue weighted by Crippen LogP contribution is 2.44. The summed E-state index contributed by atoms with van der Waals surface area (Å²) in [6.07, 6.45) is 10.4. The number of hydrogen-bond donors (Lipinski definition) is 1. The van der Waals surface area contributed by atoms with Crippen LogP contribution in [0.3, 0.4) is 0 Å². The van der Waals surface area contributed by atoms with Gasteiger partial charge in [-0.2, -0.15) is 0 Å². The van der Waals surface area contributed by atoms with E-state index in [0.717, 1.165) is 17.3 Å². The largest absolute Gasteiger partial charge is 0.317 e. The zero-order chi connectivity index (χ0) is 10.7. The maximum absolute atomic E-state index is 3.51. The fourth-order valence-corrected chi connectivity index (χ4v) is 3.62. The van der Waals surface area contributed by atoms with Gasteiger partial charge in [0.15, 0.2) is 0 Å². The molecule has 2 aliphatic rings. The second-order valence-corrected chi connectivity index (χ2v) is 6.19. The van der Waals surface area contributed by atoms with Crippen molar-refractivity contribution in [2.45, 2.75) is 58.8 Å². The van der Waals surface area contributed by atoms with E-state index < -0.39 is 0 Å². The molecule has 1 nitrogen and oxygen atoms in total. The molecule has 0 aromatic carbocycles. The predicted molar refractivity (Wildman–Crippen MR) is 65.9 cm³/mol. The van der Waals surface area contributed by atoms with Gasteiger partial charge in [-0.15, -0.1) is 0 Å². The van der Waals surface area contributed by atoms with Gasteiger partial charge in [-0.05, 0) is 62.4 Å². The van der Waals surface area contributed by atoms with E-state index in [2.05, 4.69) is 19.2 Å². The molecule has 1 spiro atoms. The smallest absolute Gasteiger partial charge is 0.00436 e. The molecule has 1 N–H and O–H groups in total. The molecule has 1 heterocycles. The zero-order valence-electron chi connectivity index (χ0n) is 10.5. The van der Waals surface area contributed by atoms with Crippen molar-refractivity contribution < 1.29 is 0 Å². The van der Waals surface area contributed by atoms with Crippen molar-refractivity contribution in [2.75, 3.05) is 13.1 Å². The topological polar surface area (TPSA) is 12.0 Å². The van der Waals surface area contributed by atoms with Gasteiger partial charge in [0.2, 0.25) is 0 Å². The monoisotopic (exact) mass is 209 g/mol. The summed E-state index contributed by atoms with van der Waals surface area (Å²) >= 11 is 0. The minimum absolute atomic E-state index is 0.745. The third-order valence-electron chi connectivity index (χ3n) is 4.93. The van der Waals surface area contributed by atoms with Crippen LogP contribution in [0.4, 0.5) is 0 Å². The first-order valence-electron chi connectivity index (χ1n) is 6.93. The van der Waals surface area contributed by atoms with Gasteiger partial charge in [-0.25, -0.2) is 0 Å². The minimum Gasteiger partial charge on any atom is -0.317 e. The van der Waals surface area contributed by atoms with Gasteiger partial charge in [-0.1, -0.05) is 26.7 Å². The van der Waals surface area contributed by atoms with Crippen LogP contribution in [0.2, 0.25) is 0 Å². The molecule has 1 atom stereocenters. The van der Waals surface area contributed by atoms with Crippen molar-refractivity contribution in [1.29, 1.82) is 0 Å². The summed E-state index contributed by atoms with van der Waals surface area (Å²) < 4.78 is 0. The molecule has 0 radical (unpaired) electrons. The molecule has 1 heteroatoms. The molecule has 0 aromatic rings. The van der Waals surface area contributed by atoms with Crippen molar-refractivity contribution in [3.63, 3.8) is 0 Å². The minimum atomic E-state index is 0.745. The summed E-state index contributed by atoms with van der Waals surface area (Å²) in [6.45, 7) is 7.36. The molecular weight excluding hydrogens is 182 g/mol. The summed E-state index contributed by atoms with van der Waals surface area (Å²) in [5.74, 6) is 1.92. The van der Waals surface area contributed by atoms with Crippen LogP contribution >= 0.6 is 0 Å². The van der Waals surface area contributed by atoms with Gasteiger partial charge in [0.1, 0.15) is 0 Å². The van der Waals surface area contributed by atoms with Crippen molar-refractivity contribution >= 4 is 0 Å². The van der Waals surface area contributed by atoms with E-state index in [1.165, 1.54) is 58.0 Å². The Kier molecular flexibility index (Phi) is 3.71. The van der Waals surface area contributed by atoms with Gasteiger partial charge < -0.3 is 5.32 Å². The summed E-state index contributed by atoms with van der Waals surface area (Å²) in [5.41, 5.74) is 0.745. The van der Waals surface area contributed by atoms with E-state index in [-0.39, 0.29) is 0 Å². The number of rotatable bonds is 1. The molecule has 0 bridgehead atoms. The lowest BCUT2D eigenvalue weighted by Crippen LogP contribution is -2.36. The van der Waals surface area contributed by atoms with E-state index in [4.69, 9.17) is 0 Å². The lowest BCUT2D eigenvalue weighted by molar-refractivity contribution is 0.167. The first-order chi connectivity index (χ1) is 7.22. The molecule has 2 fully saturated rings. The molecule has 1 unspecified atom stereocenters. The average Bonchev–Trinajstić information content (AvgIpc) is 2.43. The van der Waals surface area contributed by atoms with Crippen LogP contribution in [-0.4, -0.2) is 13.1 Å². The summed E-state index contributed by atoms with van der Waals surface area (Å²) in [7, 11) is 0. The fraction of sp³-hybridized carbons (Fsp3) is 1.00. The lowest BCUT2D eigenvalue weighted by Gasteiger charge is -2.37. The SMILES string of the molecule is CC(C)C1CCCC2(CCNCC2)CC1. The molecule has 0 aromatic heterocycles. The zero-order valence-corrected chi connectivity index (χ0v) is 10.5. The number of piperidine rings is 1. The van der Waals surface area contributed by atoms with Gasteiger partial charge in [0, 0.05) is 0 Å². The van der Waals surface area contributed by atoms with E-state index >= 15 is 0 Å². The van der Waals surface area contributed by atoms with Crippen molar-refractivity contribution in [3.05, 3.63) is 0 Å². The van der Waals surface area contributed by atoms with E-state index in [9.17, 15) is 0 Å². The molecule has 1 saturated heterocycles. The van der Waals surface area contributed by atoms with Crippen LogP contribution in [-0.2, 0) is 0 Å². The van der Waals surface area contributed by atoms with Crippen LogP contribution in [0, 0.1) is 17.3 Å². The number of nitrogens with one attached hydrogen (secondary N) is 1. The molecular formula is C14H27N. The molecule has 1 aliphatic heterocycles. The highest BCUT2D eigenvalue weighted by atomic mass is 14.9. The highest BCUT2D eigenvalue weighted by Gasteiger charge is 2.34. The fourth-order valence-electron chi connectivity index (χ4n) is 3.62. The van der Waals surface area contributed by atoms with E-state index in [1.807, 2.05) is 0 Å². The van der Waals surface area contributed by atoms with Crippen molar-refractivity contribution in [1.82, 2.24) is 5.32 Å². The molecule has 2 rings (SSSR count). The maximum atomic E-state index is 3.51. The second-order valence-electron chi connectivity index (χ2n) is 6.19. The van der Waals surface area contributed by atoms with E-state index in [0.29, 0.717) is 0 Å². The third-order valence-corrected chi connectivity index (χ3v) is 4.93. The van der Waals surface area contributed by atoms with Crippen molar-refractivity contribution in [3.8, 4) is 0 Å². The Balaban J connectivity index is 1.93. The standard InChI is InChI=1S/C14H27N/c1-12(2)13-4-3-6-14(7-5-13)8-10-15-11-9-14/h12-13,15H,3-11H2,1-2H3.